The second kappa shape index (κ2) is 8.09. The number of pyridine rings is 1. The largest absolute Gasteiger partial charge is 0.392 e. The van der Waals surface area contributed by atoms with Gasteiger partial charge in [0, 0.05) is 43.0 Å². The van der Waals surface area contributed by atoms with Gasteiger partial charge in [0.1, 0.15) is 5.76 Å². The molecule has 27 heavy (non-hydrogen) atoms. The lowest BCUT2D eigenvalue weighted by atomic mass is 9.91. The van der Waals surface area contributed by atoms with E-state index in [-0.39, 0.29) is 6.61 Å². The summed E-state index contributed by atoms with van der Waals surface area (Å²) in [6.45, 7) is 7.78. The van der Waals surface area contributed by atoms with Gasteiger partial charge in [-0.3, -0.25) is 9.88 Å². The Morgan fingerprint density at radius 3 is 2.70 bits per heavy atom. The molecule has 1 atom stereocenters. The molecule has 1 N–H and O–H groups in total. The van der Waals surface area contributed by atoms with Gasteiger partial charge in [-0.1, -0.05) is 11.2 Å². The van der Waals surface area contributed by atoms with Crippen molar-refractivity contribution in [2.24, 2.45) is 0 Å². The van der Waals surface area contributed by atoms with E-state index in [0.29, 0.717) is 12.0 Å². The van der Waals surface area contributed by atoms with Gasteiger partial charge >= 0.3 is 0 Å². The number of ether oxygens (including phenoxy) is 1. The number of aliphatic hydroxyl groups is 1. The Balaban J connectivity index is 1.61. The fourth-order valence-corrected chi connectivity index (χ4v) is 4.53. The van der Waals surface area contributed by atoms with Gasteiger partial charge in [0.25, 0.3) is 0 Å². The highest BCUT2D eigenvalue weighted by Crippen LogP contribution is 2.33. The topological polar surface area (TPSA) is 71.6 Å². The maximum absolute atomic E-state index is 9.80. The van der Waals surface area contributed by atoms with E-state index in [2.05, 4.69) is 16.1 Å². The van der Waals surface area contributed by atoms with E-state index in [1.54, 1.807) is 0 Å². The van der Waals surface area contributed by atoms with Crippen LogP contribution in [0.5, 0.6) is 0 Å². The average molecular weight is 371 g/mol. The van der Waals surface area contributed by atoms with E-state index in [9.17, 15) is 5.11 Å². The van der Waals surface area contributed by atoms with Crippen molar-refractivity contribution in [2.45, 2.75) is 58.1 Å². The first-order valence-electron chi connectivity index (χ1n) is 10.0. The summed E-state index contributed by atoms with van der Waals surface area (Å²) in [6, 6.07) is 4.74. The van der Waals surface area contributed by atoms with Gasteiger partial charge in [-0.05, 0) is 52.1 Å². The predicted molar refractivity (Wildman–Crippen MR) is 103 cm³/mol. The number of hydrogen-bond donors (Lipinski definition) is 1. The van der Waals surface area contributed by atoms with Gasteiger partial charge in [0.05, 0.1) is 23.6 Å². The summed E-state index contributed by atoms with van der Waals surface area (Å²) >= 11 is 0. The van der Waals surface area contributed by atoms with Crippen LogP contribution in [0.2, 0.25) is 0 Å². The third kappa shape index (κ3) is 3.79. The maximum atomic E-state index is 9.80. The molecule has 0 saturated carbocycles. The Morgan fingerprint density at radius 1 is 1.19 bits per heavy atom. The Kier molecular flexibility index (Phi) is 5.57. The number of nitrogens with zero attached hydrogens (tertiary/aromatic N) is 3. The Morgan fingerprint density at radius 2 is 2.00 bits per heavy atom. The SMILES string of the molecule is Cc1noc(C)c1-c1nc(C2CCCN(C3CCOCC3)C2)ccc1CO. The molecule has 2 fully saturated rings. The lowest BCUT2D eigenvalue weighted by molar-refractivity contribution is 0.0237. The highest BCUT2D eigenvalue weighted by Gasteiger charge is 2.29. The summed E-state index contributed by atoms with van der Waals surface area (Å²) in [7, 11) is 0. The monoisotopic (exact) mass is 371 g/mol. The number of piperidine rings is 1. The summed E-state index contributed by atoms with van der Waals surface area (Å²) in [5, 5.41) is 13.9. The molecule has 2 aliphatic heterocycles. The quantitative estimate of drug-likeness (QED) is 0.890. The van der Waals surface area contributed by atoms with Crippen LogP contribution in [0.25, 0.3) is 11.3 Å². The molecule has 146 valence electrons. The molecule has 6 nitrogen and oxygen atoms in total. The fourth-order valence-electron chi connectivity index (χ4n) is 4.53. The smallest absolute Gasteiger partial charge is 0.143 e. The molecule has 1 unspecified atom stereocenters. The maximum Gasteiger partial charge on any atom is 0.143 e. The van der Waals surface area contributed by atoms with E-state index >= 15 is 0 Å². The van der Waals surface area contributed by atoms with Gasteiger partial charge in [0.2, 0.25) is 0 Å². The van der Waals surface area contributed by atoms with Gasteiger partial charge < -0.3 is 14.4 Å². The van der Waals surface area contributed by atoms with Crippen molar-refractivity contribution in [3.63, 3.8) is 0 Å². The van der Waals surface area contributed by atoms with Crippen molar-refractivity contribution in [2.75, 3.05) is 26.3 Å². The van der Waals surface area contributed by atoms with Crippen LogP contribution in [-0.2, 0) is 11.3 Å². The second-order valence-electron chi connectivity index (χ2n) is 7.78. The molecule has 4 rings (SSSR count). The third-order valence-corrected chi connectivity index (χ3v) is 6.02. The summed E-state index contributed by atoms with van der Waals surface area (Å²) in [6.07, 6.45) is 4.63. The lowest BCUT2D eigenvalue weighted by Crippen LogP contribution is -2.44. The number of hydrogen-bond acceptors (Lipinski definition) is 6. The van der Waals surface area contributed by atoms with Crippen LogP contribution in [0.1, 0.15) is 54.3 Å². The minimum absolute atomic E-state index is 0.0362. The summed E-state index contributed by atoms with van der Waals surface area (Å²) in [5.41, 5.74) is 4.48. The fraction of sp³-hybridized carbons (Fsp3) is 0.619. The normalized spacial score (nSPS) is 22.3. The zero-order valence-electron chi connectivity index (χ0n) is 16.3. The molecule has 0 aliphatic carbocycles. The van der Waals surface area contributed by atoms with Gasteiger partial charge in [0.15, 0.2) is 0 Å². The van der Waals surface area contributed by atoms with Crippen molar-refractivity contribution in [3.05, 3.63) is 34.8 Å². The molecule has 2 aromatic heterocycles. The number of aryl methyl sites for hydroxylation is 2. The van der Waals surface area contributed by atoms with Crippen LogP contribution in [0.4, 0.5) is 0 Å². The third-order valence-electron chi connectivity index (χ3n) is 6.02. The van der Waals surface area contributed by atoms with Gasteiger partial charge in [-0.15, -0.1) is 0 Å². The standard InChI is InChI=1S/C21H29N3O3/c1-14-20(15(2)27-23-14)21-17(13-25)5-6-19(22-21)16-4-3-9-24(12-16)18-7-10-26-11-8-18/h5-6,16,18,25H,3-4,7-13H2,1-2H3. The van der Waals surface area contributed by atoms with Gasteiger partial charge in [-0.2, -0.15) is 0 Å². The van der Waals surface area contributed by atoms with E-state index in [4.69, 9.17) is 14.2 Å². The zero-order chi connectivity index (χ0) is 18.8. The number of aromatic nitrogens is 2. The first-order valence-corrected chi connectivity index (χ1v) is 10.0. The van der Waals surface area contributed by atoms with Crippen molar-refractivity contribution in [3.8, 4) is 11.3 Å². The Bertz CT molecular complexity index is 763. The highest BCUT2D eigenvalue weighted by atomic mass is 16.5. The molecule has 0 bridgehead atoms. The second-order valence-corrected chi connectivity index (χ2v) is 7.78. The molecule has 0 spiro atoms. The molecule has 6 heteroatoms. The van der Waals surface area contributed by atoms with E-state index < -0.39 is 0 Å². The zero-order valence-corrected chi connectivity index (χ0v) is 16.3. The highest BCUT2D eigenvalue weighted by molar-refractivity contribution is 5.67. The molecule has 4 heterocycles. The minimum atomic E-state index is -0.0362. The van der Waals surface area contributed by atoms with Crippen LogP contribution >= 0.6 is 0 Å². The first kappa shape index (κ1) is 18.6. The van der Waals surface area contributed by atoms with Crippen molar-refractivity contribution in [1.82, 2.24) is 15.0 Å². The van der Waals surface area contributed by atoms with Crippen LogP contribution < -0.4 is 0 Å². The van der Waals surface area contributed by atoms with E-state index in [0.717, 1.165) is 73.0 Å². The molecular formula is C21H29N3O3. The van der Waals surface area contributed by atoms with E-state index in [1.165, 1.54) is 13.0 Å². The number of aliphatic hydroxyl groups excluding tert-OH is 1. The average Bonchev–Trinajstić information content (AvgIpc) is 3.06. The van der Waals surface area contributed by atoms with Crippen molar-refractivity contribution >= 4 is 0 Å². The Labute approximate surface area is 160 Å². The minimum Gasteiger partial charge on any atom is -0.392 e. The lowest BCUT2D eigenvalue weighted by Gasteiger charge is -2.39. The summed E-state index contributed by atoms with van der Waals surface area (Å²) in [4.78, 5) is 7.63. The molecule has 0 aromatic carbocycles. The van der Waals surface area contributed by atoms with Crippen molar-refractivity contribution < 1.29 is 14.4 Å². The van der Waals surface area contributed by atoms with Crippen LogP contribution in [0, 0.1) is 13.8 Å². The molecule has 2 saturated heterocycles. The first-order chi connectivity index (χ1) is 13.2. The van der Waals surface area contributed by atoms with Crippen LogP contribution in [0.15, 0.2) is 16.7 Å². The molecule has 2 aromatic rings. The van der Waals surface area contributed by atoms with Gasteiger partial charge in [-0.25, -0.2) is 0 Å². The summed E-state index contributed by atoms with van der Waals surface area (Å²) < 4.78 is 10.9. The predicted octanol–water partition coefficient (Wildman–Crippen LogP) is 3.20. The number of rotatable bonds is 4. The molecule has 0 amide bonds. The van der Waals surface area contributed by atoms with Crippen LogP contribution in [-0.4, -0.2) is 52.5 Å². The Hall–Kier alpha value is -1.76. The summed E-state index contributed by atoms with van der Waals surface area (Å²) in [5.74, 6) is 1.17. The van der Waals surface area contributed by atoms with E-state index in [1.807, 2.05) is 19.9 Å². The van der Waals surface area contributed by atoms with Crippen LogP contribution in [0.3, 0.4) is 0 Å². The molecular weight excluding hydrogens is 342 g/mol. The van der Waals surface area contributed by atoms with Crippen molar-refractivity contribution in [1.29, 1.82) is 0 Å². The molecule has 0 radical (unpaired) electrons. The molecule has 2 aliphatic rings. The number of likely N-dealkylation sites (tertiary alicyclic amines) is 1.